The number of hydrogen-bond acceptors (Lipinski definition) is 3. The van der Waals surface area contributed by atoms with Crippen molar-refractivity contribution in [3.05, 3.63) is 30.5 Å². The summed E-state index contributed by atoms with van der Waals surface area (Å²) in [5, 5.41) is 2.15. The number of anilines is 1. The second-order valence-corrected chi connectivity index (χ2v) is 4.61. The second kappa shape index (κ2) is 5.44. The van der Waals surface area contributed by atoms with Gasteiger partial charge in [0.1, 0.15) is 11.6 Å². The van der Waals surface area contributed by atoms with E-state index in [1.54, 1.807) is 13.3 Å². The first-order chi connectivity index (χ1) is 8.69. The number of hydrogen-bond donors (Lipinski definition) is 0. The molecule has 0 fully saturated rings. The maximum Gasteiger partial charge on any atom is 0.136 e. The van der Waals surface area contributed by atoms with E-state index in [4.69, 9.17) is 16.3 Å². The van der Waals surface area contributed by atoms with Crippen LogP contribution in [0.4, 0.5) is 5.82 Å². The van der Waals surface area contributed by atoms with Crippen LogP contribution in [0.3, 0.4) is 0 Å². The molecular weight excluding hydrogens is 248 g/mol. The minimum atomic E-state index is 0.232. The van der Waals surface area contributed by atoms with Gasteiger partial charge in [0, 0.05) is 35.9 Å². The van der Waals surface area contributed by atoms with E-state index in [2.05, 4.69) is 22.9 Å². The molecule has 1 unspecified atom stereocenters. The molecule has 0 aliphatic carbocycles. The Morgan fingerprint density at radius 3 is 2.78 bits per heavy atom. The summed E-state index contributed by atoms with van der Waals surface area (Å²) in [4.78, 5) is 6.56. The molecule has 0 saturated heterocycles. The van der Waals surface area contributed by atoms with Gasteiger partial charge >= 0.3 is 0 Å². The fourth-order valence-corrected chi connectivity index (χ4v) is 2.14. The highest BCUT2D eigenvalue weighted by atomic mass is 35.5. The molecule has 2 aromatic rings. The molecule has 1 atom stereocenters. The van der Waals surface area contributed by atoms with Gasteiger partial charge in [-0.05, 0) is 19.1 Å². The van der Waals surface area contributed by atoms with Crippen molar-refractivity contribution in [3.63, 3.8) is 0 Å². The number of fused-ring (bicyclic) bond motifs is 1. The van der Waals surface area contributed by atoms with Gasteiger partial charge in [0.25, 0.3) is 0 Å². The number of ether oxygens (including phenoxy) is 1. The van der Waals surface area contributed by atoms with E-state index in [1.807, 2.05) is 25.2 Å². The Bertz CT molecular complexity index is 544. The van der Waals surface area contributed by atoms with Crippen LogP contribution in [0.25, 0.3) is 10.8 Å². The topological polar surface area (TPSA) is 25.4 Å². The summed E-state index contributed by atoms with van der Waals surface area (Å²) in [6, 6.07) is 8.19. The molecular formula is C14H17ClN2O. The Morgan fingerprint density at radius 2 is 2.11 bits per heavy atom. The van der Waals surface area contributed by atoms with Crippen LogP contribution in [-0.4, -0.2) is 31.1 Å². The molecule has 1 aromatic carbocycles. The molecule has 4 heteroatoms. The van der Waals surface area contributed by atoms with Crippen LogP contribution in [-0.2, 0) is 0 Å². The molecule has 18 heavy (non-hydrogen) atoms. The summed E-state index contributed by atoms with van der Waals surface area (Å²) >= 11 is 5.91. The Hall–Kier alpha value is -1.48. The predicted molar refractivity (Wildman–Crippen MR) is 76.9 cm³/mol. The highest BCUT2D eigenvalue weighted by Crippen LogP contribution is 2.31. The van der Waals surface area contributed by atoms with Crippen molar-refractivity contribution in [1.29, 1.82) is 0 Å². The number of methoxy groups -OCH3 is 1. The summed E-state index contributed by atoms with van der Waals surface area (Å²) in [6.07, 6.45) is 1.80. The van der Waals surface area contributed by atoms with Crippen molar-refractivity contribution in [3.8, 4) is 5.75 Å². The lowest BCUT2D eigenvalue weighted by Crippen LogP contribution is -2.31. The quantitative estimate of drug-likeness (QED) is 0.793. The van der Waals surface area contributed by atoms with E-state index in [1.165, 1.54) is 0 Å². The molecule has 0 N–H and O–H groups in total. The third kappa shape index (κ3) is 2.23. The fraction of sp³-hybridized carbons (Fsp3) is 0.357. The fourth-order valence-electron chi connectivity index (χ4n) is 1.93. The smallest absolute Gasteiger partial charge is 0.136 e. The number of rotatable bonds is 4. The molecule has 0 aliphatic heterocycles. The highest BCUT2D eigenvalue weighted by molar-refractivity contribution is 6.18. The lowest BCUT2D eigenvalue weighted by Gasteiger charge is -2.25. The normalized spacial score (nSPS) is 12.4. The molecule has 3 nitrogen and oxygen atoms in total. The molecule has 1 heterocycles. The highest BCUT2D eigenvalue weighted by Gasteiger charge is 2.14. The van der Waals surface area contributed by atoms with Gasteiger partial charge in [-0.2, -0.15) is 0 Å². The van der Waals surface area contributed by atoms with Crippen molar-refractivity contribution in [2.24, 2.45) is 0 Å². The Morgan fingerprint density at radius 1 is 1.33 bits per heavy atom. The van der Waals surface area contributed by atoms with E-state index in [0.29, 0.717) is 5.88 Å². The minimum Gasteiger partial charge on any atom is -0.496 e. The number of nitrogens with zero attached hydrogens (tertiary/aromatic N) is 2. The first-order valence-electron chi connectivity index (χ1n) is 5.89. The zero-order valence-electron chi connectivity index (χ0n) is 10.9. The standard InChI is InChI=1S/C14H17ClN2O/c1-10(9-15)17(2)14-12-5-4-6-13(18-3)11(12)7-8-16-14/h4-8,10H,9H2,1-3H3. The van der Waals surface area contributed by atoms with Crippen LogP contribution >= 0.6 is 11.6 Å². The van der Waals surface area contributed by atoms with Gasteiger partial charge in [0.2, 0.25) is 0 Å². The number of alkyl halides is 1. The van der Waals surface area contributed by atoms with E-state index in [0.717, 1.165) is 22.3 Å². The predicted octanol–water partition coefficient (Wildman–Crippen LogP) is 3.31. The van der Waals surface area contributed by atoms with Crippen LogP contribution in [0, 0.1) is 0 Å². The van der Waals surface area contributed by atoms with Crippen molar-refractivity contribution in [2.75, 3.05) is 24.9 Å². The molecule has 0 bridgehead atoms. The van der Waals surface area contributed by atoms with Crippen LogP contribution in [0.2, 0.25) is 0 Å². The monoisotopic (exact) mass is 264 g/mol. The summed E-state index contributed by atoms with van der Waals surface area (Å²) in [5.41, 5.74) is 0. The number of halogens is 1. The first-order valence-corrected chi connectivity index (χ1v) is 6.43. The molecule has 96 valence electrons. The summed E-state index contributed by atoms with van der Waals surface area (Å²) < 4.78 is 5.38. The van der Waals surface area contributed by atoms with Crippen molar-refractivity contribution in [1.82, 2.24) is 4.98 Å². The Kier molecular flexibility index (Phi) is 3.92. The van der Waals surface area contributed by atoms with Crippen LogP contribution < -0.4 is 9.64 Å². The lowest BCUT2D eigenvalue weighted by molar-refractivity contribution is 0.420. The van der Waals surface area contributed by atoms with Gasteiger partial charge in [-0.3, -0.25) is 0 Å². The van der Waals surface area contributed by atoms with E-state index < -0.39 is 0 Å². The van der Waals surface area contributed by atoms with Gasteiger partial charge in [-0.25, -0.2) is 4.98 Å². The summed E-state index contributed by atoms with van der Waals surface area (Å²) in [5.74, 6) is 2.36. The van der Waals surface area contributed by atoms with Crippen LogP contribution in [0.5, 0.6) is 5.75 Å². The van der Waals surface area contributed by atoms with Crippen molar-refractivity contribution in [2.45, 2.75) is 13.0 Å². The zero-order valence-corrected chi connectivity index (χ0v) is 11.6. The lowest BCUT2D eigenvalue weighted by atomic mass is 10.1. The van der Waals surface area contributed by atoms with Gasteiger partial charge in [-0.15, -0.1) is 11.6 Å². The third-order valence-electron chi connectivity index (χ3n) is 3.18. The molecule has 0 spiro atoms. The molecule has 0 amide bonds. The average Bonchev–Trinajstić information content (AvgIpc) is 2.44. The molecule has 0 radical (unpaired) electrons. The Balaban J connectivity index is 2.58. The second-order valence-electron chi connectivity index (χ2n) is 4.30. The molecule has 2 rings (SSSR count). The average molecular weight is 265 g/mol. The molecule has 0 saturated carbocycles. The maximum atomic E-state index is 5.91. The van der Waals surface area contributed by atoms with Crippen LogP contribution in [0.15, 0.2) is 30.5 Å². The number of aromatic nitrogens is 1. The first kappa shape index (κ1) is 13.0. The number of pyridine rings is 1. The van der Waals surface area contributed by atoms with Gasteiger partial charge in [-0.1, -0.05) is 12.1 Å². The molecule has 1 aromatic heterocycles. The largest absolute Gasteiger partial charge is 0.496 e. The van der Waals surface area contributed by atoms with E-state index >= 15 is 0 Å². The van der Waals surface area contributed by atoms with Crippen LogP contribution in [0.1, 0.15) is 6.92 Å². The minimum absolute atomic E-state index is 0.232. The SMILES string of the molecule is COc1cccc2c(N(C)C(C)CCl)nccc12. The van der Waals surface area contributed by atoms with Crippen molar-refractivity contribution >= 4 is 28.2 Å². The number of benzene rings is 1. The third-order valence-corrected chi connectivity index (χ3v) is 3.63. The maximum absolute atomic E-state index is 5.91. The van der Waals surface area contributed by atoms with E-state index in [9.17, 15) is 0 Å². The van der Waals surface area contributed by atoms with Gasteiger partial charge in [0.15, 0.2) is 0 Å². The Labute approximate surface area is 112 Å². The van der Waals surface area contributed by atoms with Gasteiger partial charge in [0.05, 0.1) is 7.11 Å². The summed E-state index contributed by atoms with van der Waals surface area (Å²) in [6.45, 7) is 2.08. The van der Waals surface area contributed by atoms with Gasteiger partial charge < -0.3 is 9.64 Å². The van der Waals surface area contributed by atoms with Crippen molar-refractivity contribution < 1.29 is 4.74 Å². The molecule has 0 aliphatic rings. The zero-order chi connectivity index (χ0) is 13.1. The summed E-state index contributed by atoms with van der Waals surface area (Å²) in [7, 11) is 3.69. The van der Waals surface area contributed by atoms with E-state index in [-0.39, 0.29) is 6.04 Å².